The Bertz CT molecular complexity index is 986. The largest absolute Gasteiger partial charge is 0.483 e. The first kappa shape index (κ1) is 19.5. The van der Waals surface area contributed by atoms with Gasteiger partial charge in [-0.3, -0.25) is 20.4 Å². The maximum absolute atomic E-state index is 12.1. The molecule has 0 saturated heterocycles. The van der Waals surface area contributed by atoms with Gasteiger partial charge >= 0.3 is 0 Å². The highest BCUT2D eigenvalue weighted by atomic mass is 16.5. The average Bonchev–Trinajstić information content (AvgIpc) is 3.07. The SMILES string of the molecule is CC(C)(C)c1ccccc1OCC(=O)NNC(=O)Cc1c[nH]c2ccccc12. The second-order valence-electron chi connectivity index (χ2n) is 7.67. The second kappa shape index (κ2) is 8.17. The third kappa shape index (κ3) is 4.71. The van der Waals surface area contributed by atoms with Crippen LogP contribution in [0.1, 0.15) is 31.9 Å². The van der Waals surface area contributed by atoms with E-state index in [-0.39, 0.29) is 24.3 Å². The molecule has 0 aliphatic carbocycles. The molecule has 0 unspecified atom stereocenters. The summed E-state index contributed by atoms with van der Waals surface area (Å²) in [5.74, 6) is -0.0561. The van der Waals surface area contributed by atoms with Crippen molar-refractivity contribution >= 4 is 22.7 Å². The molecule has 0 aliphatic heterocycles. The van der Waals surface area contributed by atoms with Gasteiger partial charge in [-0.15, -0.1) is 0 Å². The maximum atomic E-state index is 12.1. The highest BCUT2D eigenvalue weighted by Crippen LogP contribution is 2.30. The molecule has 0 atom stereocenters. The first-order valence-corrected chi connectivity index (χ1v) is 9.19. The average molecular weight is 379 g/mol. The number of hydrazine groups is 1. The third-order valence-electron chi connectivity index (χ3n) is 4.42. The van der Waals surface area contributed by atoms with Crippen LogP contribution in [0.5, 0.6) is 5.75 Å². The number of ether oxygens (including phenoxy) is 1. The van der Waals surface area contributed by atoms with Gasteiger partial charge in [0.25, 0.3) is 5.91 Å². The van der Waals surface area contributed by atoms with Gasteiger partial charge in [0, 0.05) is 17.1 Å². The molecule has 3 rings (SSSR count). The van der Waals surface area contributed by atoms with E-state index in [2.05, 4.69) is 36.6 Å². The molecule has 0 fully saturated rings. The fourth-order valence-electron chi connectivity index (χ4n) is 3.03. The van der Waals surface area contributed by atoms with E-state index in [1.807, 2.05) is 48.5 Å². The minimum Gasteiger partial charge on any atom is -0.483 e. The van der Waals surface area contributed by atoms with Gasteiger partial charge in [-0.25, -0.2) is 0 Å². The summed E-state index contributed by atoms with van der Waals surface area (Å²) in [4.78, 5) is 27.3. The summed E-state index contributed by atoms with van der Waals surface area (Å²) in [6.07, 6.45) is 1.97. The summed E-state index contributed by atoms with van der Waals surface area (Å²) >= 11 is 0. The van der Waals surface area contributed by atoms with Gasteiger partial charge in [0.15, 0.2) is 6.61 Å². The Balaban J connectivity index is 1.50. The summed E-state index contributed by atoms with van der Waals surface area (Å²) < 4.78 is 5.65. The Kier molecular flexibility index (Phi) is 5.68. The van der Waals surface area contributed by atoms with Crippen molar-refractivity contribution in [1.82, 2.24) is 15.8 Å². The molecule has 0 saturated carbocycles. The van der Waals surface area contributed by atoms with Gasteiger partial charge in [-0.2, -0.15) is 0 Å². The summed E-state index contributed by atoms with van der Waals surface area (Å²) in [7, 11) is 0. The Hall–Kier alpha value is -3.28. The van der Waals surface area contributed by atoms with Crippen LogP contribution in [0.3, 0.4) is 0 Å². The van der Waals surface area contributed by atoms with Crippen molar-refractivity contribution in [3.8, 4) is 5.75 Å². The fraction of sp³-hybridized carbons (Fsp3) is 0.273. The van der Waals surface area contributed by atoms with Crippen molar-refractivity contribution in [3.63, 3.8) is 0 Å². The Morgan fingerprint density at radius 1 is 0.964 bits per heavy atom. The van der Waals surface area contributed by atoms with Gasteiger partial charge < -0.3 is 9.72 Å². The normalized spacial score (nSPS) is 11.2. The number of hydrogen-bond donors (Lipinski definition) is 3. The van der Waals surface area contributed by atoms with E-state index < -0.39 is 5.91 Å². The van der Waals surface area contributed by atoms with Crippen LogP contribution in [-0.4, -0.2) is 23.4 Å². The van der Waals surface area contributed by atoms with Crippen molar-refractivity contribution in [1.29, 1.82) is 0 Å². The van der Waals surface area contributed by atoms with Crippen LogP contribution in [0, 0.1) is 0 Å². The summed E-state index contributed by atoms with van der Waals surface area (Å²) in [6, 6.07) is 15.4. The lowest BCUT2D eigenvalue weighted by Crippen LogP contribution is -2.44. The molecule has 0 bridgehead atoms. The summed E-state index contributed by atoms with van der Waals surface area (Å²) in [6.45, 7) is 6.07. The van der Waals surface area contributed by atoms with E-state index in [0.29, 0.717) is 5.75 Å². The number of para-hydroxylation sites is 2. The molecule has 28 heavy (non-hydrogen) atoms. The standard InChI is InChI=1S/C22H25N3O3/c1-22(2,3)17-9-5-7-11-19(17)28-14-21(27)25-24-20(26)12-15-13-23-18-10-6-4-8-16(15)18/h4-11,13,23H,12,14H2,1-3H3,(H,24,26)(H,25,27). The maximum Gasteiger partial charge on any atom is 0.276 e. The van der Waals surface area contributed by atoms with Crippen molar-refractivity contribution < 1.29 is 14.3 Å². The van der Waals surface area contributed by atoms with Crippen LogP contribution in [0.4, 0.5) is 0 Å². The van der Waals surface area contributed by atoms with E-state index in [1.54, 1.807) is 6.20 Å². The smallest absolute Gasteiger partial charge is 0.276 e. The van der Waals surface area contributed by atoms with Gasteiger partial charge in [0.2, 0.25) is 5.91 Å². The van der Waals surface area contributed by atoms with Crippen molar-refractivity contribution in [2.24, 2.45) is 0 Å². The van der Waals surface area contributed by atoms with Gasteiger partial charge in [0.05, 0.1) is 6.42 Å². The molecular weight excluding hydrogens is 354 g/mol. The van der Waals surface area contributed by atoms with Crippen LogP contribution in [0.15, 0.2) is 54.7 Å². The molecular formula is C22H25N3O3. The topological polar surface area (TPSA) is 83.2 Å². The number of hydrogen-bond acceptors (Lipinski definition) is 3. The number of carbonyl (C=O) groups is 2. The Morgan fingerprint density at radius 3 is 2.43 bits per heavy atom. The van der Waals surface area contributed by atoms with E-state index in [9.17, 15) is 9.59 Å². The molecule has 6 heteroatoms. The molecule has 2 aromatic carbocycles. The second-order valence-corrected chi connectivity index (χ2v) is 7.67. The van der Waals surface area contributed by atoms with Gasteiger partial charge in [-0.1, -0.05) is 57.2 Å². The predicted molar refractivity (Wildman–Crippen MR) is 109 cm³/mol. The Labute approximate surface area is 164 Å². The van der Waals surface area contributed by atoms with Crippen molar-refractivity contribution in [3.05, 3.63) is 65.9 Å². The lowest BCUT2D eigenvalue weighted by Gasteiger charge is -2.22. The number of carbonyl (C=O) groups excluding carboxylic acids is 2. The number of aromatic amines is 1. The van der Waals surface area contributed by atoms with E-state index >= 15 is 0 Å². The lowest BCUT2D eigenvalue weighted by molar-refractivity contribution is -0.129. The molecule has 1 aromatic heterocycles. The minimum atomic E-state index is -0.420. The molecule has 0 aliphatic rings. The number of aromatic nitrogens is 1. The molecule has 146 valence electrons. The zero-order valence-electron chi connectivity index (χ0n) is 16.3. The number of benzene rings is 2. The third-order valence-corrected chi connectivity index (χ3v) is 4.42. The number of rotatable bonds is 5. The number of amides is 2. The highest BCUT2D eigenvalue weighted by Gasteiger charge is 2.19. The molecule has 0 radical (unpaired) electrons. The van der Waals surface area contributed by atoms with E-state index in [1.165, 1.54) is 0 Å². The molecule has 3 aromatic rings. The summed E-state index contributed by atoms with van der Waals surface area (Å²) in [5, 5.41) is 0.992. The number of fused-ring (bicyclic) bond motifs is 1. The van der Waals surface area contributed by atoms with Crippen LogP contribution in [0.25, 0.3) is 10.9 Å². The summed E-state index contributed by atoms with van der Waals surface area (Å²) in [5.41, 5.74) is 7.60. The van der Waals surface area contributed by atoms with Crippen LogP contribution in [-0.2, 0) is 21.4 Å². The van der Waals surface area contributed by atoms with Crippen LogP contribution < -0.4 is 15.6 Å². The fourth-order valence-corrected chi connectivity index (χ4v) is 3.03. The van der Waals surface area contributed by atoms with Crippen LogP contribution >= 0.6 is 0 Å². The zero-order chi connectivity index (χ0) is 20.1. The Morgan fingerprint density at radius 2 is 1.64 bits per heavy atom. The van der Waals surface area contributed by atoms with Crippen molar-refractivity contribution in [2.75, 3.05) is 6.61 Å². The van der Waals surface area contributed by atoms with Crippen molar-refractivity contribution in [2.45, 2.75) is 32.6 Å². The van der Waals surface area contributed by atoms with E-state index in [4.69, 9.17) is 4.74 Å². The van der Waals surface area contributed by atoms with E-state index in [0.717, 1.165) is 22.0 Å². The van der Waals surface area contributed by atoms with Gasteiger partial charge in [0.1, 0.15) is 5.75 Å². The predicted octanol–water partition coefficient (Wildman–Crippen LogP) is 3.23. The van der Waals surface area contributed by atoms with Gasteiger partial charge in [-0.05, 0) is 28.7 Å². The number of nitrogens with one attached hydrogen (secondary N) is 3. The van der Waals surface area contributed by atoms with Crippen LogP contribution in [0.2, 0.25) is 0 Å². The first-order chi connectivity index (χ1) is 13.3. The minimum absolute atomic E-state index is 0.0966. The quantitative estimate of drug-likeness (QED) is 0.595. The monoisotopic (exact) mass is 379 g/mol. The molecule has 0 spiro atoms. The zero-order valence-corrected chi connectivity index (χ0v) is 16.3. The number of H-pyrrole nitrogens is 1. The molecule has 6 nitrogen and oxygen atoms in total. The lowest BCUT2D eigenvalue weighted by atomic mass is 9.86. The molecule has 1 heterocycles. The highest BCUT2D eigenvalue weighted by molar-refractivity contribution is 5.89. The molecule has 3 N–H and O–H groups in total. The molecule has 2 amide bonds. The first-order valence-electron chi connectivity index (χ1n) is 9.19.